The minimum absolute atomic E-state index is 0.170. The highest BCUT2D eigenvalue weighted by atomic mass is 32.1. The summed E-state index contributed by atoms with van der Waals surface area (Å²) < 4.78 is 0. The third-order valence-electron chi connectivity index (χ3n) is 3.31. The van der Waals surface area contributed by atoms with Crippen LogP contribution in [-0.2, 0) is 12.8 Å². The molecule has 2 heterocycles. The maximum absolute atomic E-state index is 7.60. The number of nitrogen functional groups attached to an aromatic ring is 1. The molecule has 4 nitrogen and oxygen atoms in total. The predicted molar refractivity (Wildman–Crippen MR) is 76.5 cm³/mol. The van der Waals surface area contributed by atoms with Gasteiger partial charge in [-0.1, -0.05) is 13.3 Å². The molecule has 18 heavy (non-hydrogen) atoms. The zero-order valence-corrected chi connectivity index (χ0v) is 11.9. The first-order valence-electron chi connectivity index (χ1n) is 6.76. The van der Waals surface area contributed by atoms with Crippen molar-refractivity contribution in [3.8, 4) is 0 Å². The van der Waals surface area contributed by atoms with E-state index in [1.165, 1.54) is 25.9 Å². The number of thiazole rings is 1. The minimum atomic E-state index is 0.170. The van der Waals surface area contributed by atoms with Crippen molar-refractivity contribution in [3.63, 3.8) is 0 Å². The van der Waals surface area contributed by atoms with Crippen molar-refractivity contribution < 1.29 is 0 Å². The van der Waals surface area contributed by atoms with Crippen LogP contribution >= 0.6 is 11.3 Å². The maximum atomic E-state index is 7.60. The van der Waals surface area contributed by atoms with Crippen LogP contribution in [0, 0.1) is 5.41 Å². The summed E-state index contributed by atoms with van der Waals surface area (Å²) in [6.07, 6.45) is 5.63. The summed E-state index contributed by atoms with van der Waals surface area (Å²) in [5.41, 5.74) is 6.64. The average molecular weight is 266 g/mol. The lowest BCUT2D eigenvalue weighted by Crippen LogP contribution is -2.21. The van der Waals surface area contributed by atoms with Crippen LogP contribution in [0.5, 0.6) is 0 Å². The molecule has 0 aliphatic carbocycles. The Bertz CT molecular complexity index is 407. The Kier molecular flexibility index (Phi) is 4.72. The largest absolute Gasteiger partial charge is 0.383 e. The van der Waals surface area contributed by atoms with Gasteiger partial charge in [-0.25, -0.2) is 4.98 Å². The molecule has 0 spiro atoms. The van der Waals surface area contributed by atoms with E-state index in [2.05, 4.69) is 16.8 Å². The fourth-order valence-corrected chi connectivity index (χ4v) is 3.34. The van der Waals surface area contributed by atoms with E-state index in [0.717, 1.165) is 41.4 Å². The molecule has 0 radical (unpaired) electrons. The molecule has 0 bridgehead atoms. The van der Waals surface area contributed by atoms with Crippen LogP contribution in [0.4, 0.5) is 0 Å². The fraction of sp³-hybridized carbons (Fsp3) is 0.692. The number of nitrogens with two attached hydrogens (primary N) is 1. The Hall–Kier alpha value is -0.940. The molecule has 0 aromatic carbocycles. The summed E-state index contributed by atoms with van der Waals surface area (Å²) in [5, 5.41) is 8.74. The first-order chi connectivity index (χ1) is 8.70. The molecule has 1 saturated heterocycles. The van der Waals surface area contributed by atoms with Crippen molar-refractivity contribution in [1.82, 2.24) is 9.88 Å². The second-order valence-electron chi connectivity index (χ2n) is 4.85. The van der Waals surface area contributed by atoms with Crippen LogP contribution in [0.3, 0.4) is 0 Å². The van der Waals surface area contributed by atoms with E-state index in [1.807, 2.05) is 0 Å². The zero-order chi connectivity index (χ0) is 13.0. The van der Waals surface area contributed by atoms with E-state index in [-0.39, 0.29) is 5.84 Å². The van der Waals surface area contributed by atoms with E-state index >= 15 is 0 Å². The first kappa shape index (κ1) is 13.5. The van der Waals surface area contributed by atoms with Crippen LogP contribution in [0.25, 0.3) is 0 Å². The molecule has 0 unspecified atom stereocenters. The van der Waals surface area contributed by atoms with Crippen molar-refractivity contribution in [3.05, 3.63) is 15.6 Å². The lowest BCUT2D eigenvalue weighted by atomic mass is 10.2. The standard InChI is InChI=1S/C13H22N4S/c1-2-5-10-12(13(14)15)18-11(16-10)6-9-17-7-3-4-8-17/h2-9H2,1H3,(H3,14,15). The molecule has 100 valence electrons. The van der Waals surface area contributed by atoms with Crippen molar-refractivity contribution in [2.45, 2.75) is 39.0 Å². The molecule has 1 aliphatic rings. The van der Waals surface area contributed by atoms with Crippen LogP contribution < -0.4 is 5.73 Å². The van der Waals surface area contributed by atoms with Gasteiger partial charge in [0.05, 0.1) is 15.6 Å². The summed E-state index contributed by atoms with van der Waals surface area (Å²) in [7, 11) is 0. The lowest BCUT2D eigenvalue weighted by Gasteiger charge is -2.12. The number of amidine groups is 1. The second-order valence-corrected chi connectivity index (χ2v) is 5.93. The van der Waals surface area contributed by atoms with E-state index in [0.29, 0.717) is 0 Å². The van der Waals surface area contributed by atoms with Crippen LogP contribution in [0.15, 0.2) is 0 Å². The molecule has 5 heteroatoms. The smallest absolute Gasteiger partial charge is 0.135 e. The van der Waals surface area contributed by atoms with Crippen molar-refractivity contribution in [1.29, 1.82) is 5.41 Å². The van der Waals surface area contributed by atoms with Crippen molar-refractivity contribution in [2.24, 2.45) is 5.73 Å². The topological polar surface area (TPSA) is 66.0 Å². The first-order valence-corrected chi connectivity index (χ1v) is 7.57. The molecule has 3 N–H and O–H groups in total. The van der Waals surface area contributed by atoms with Gasteiger partial charge < -0.3 is 10.6 Å². The molecular weight excluding hydrogens is 244 g/mol. The van der Waals surface area contributed by atoms with E-state index in [4.69, 9.17) is 11.1 Å². The highest BCUT2D eigenvalue weighted by molar-refractivity contribution is 7.13. The third kappa shape index (κ3) is 3.29. The van der Waals surface area contributed by atoms with Gasteiger partial charge in [0.15, 0.2) is 0 Å². The molecule has 1 aliphatic heterocycles. The number of aryl methyl sites for hydroxylation is 1. The molecule has 2 rings (SSSR count). The average Bonchev–Trinajstić information content (AvgIpc) is 2.95. The van der Waals surface area contributed by atoms with E-state index in [9.17, 15) is 0 Å². The van der Waals surface area contributed by atoms with Gasteiger partial charge in [-0.2, -0.15) is 0 Å². The van der Waals surface area contributed by atoms with Crippen LogP contribution in [0.2, 0.25) is 0 Å². The SMILES string of the molecule is CCCc1nc(CCN2CCCC2)sc1C(=N)N. The van der Waals surface area contributed by atoms with Gasteiger partial charge in [0.1, 0.15) is 5.84 Å². The summed E-state index contributed by atoms with van der Waals surface area (Å²) in [5.74, 6) is 0.170. The number of rotatable bonds is 6. The van der Waals surface area contributed by atoms with Gasteiger partial charge in [0, 0.05) is 13.0 Å². The molecule has 0 amide bonds. The fourth-order valence-electron chi connectivity index (χ4n) is 2.38. The number of aromatic nitrogens is 1. The Morgan fingerprint density at radius 3 is 2.72 bits per heavy atom. The van der Waals surface area contributed by atoms with Gasteiger partial charge in [-0.15, -0.1) is 11.3 Å². The molecule has 1 fully saturated rings. The van der Waals surface area contributed by atoms with Crippen molar-refractivity contribution >= 4 is 17.2 Å². The summed E-state index contributed by atoms with van der Waals surface area (Å²) in [6.45, 7) is 5.68. The molecule has 1 aromatic rings. The number of likely N-dealkylation sites (tertiary alicyclic amines) is 1. The van der Waals surface area contributed by atoms with E-state index in [1.54, 1.807) is 11.3 Å². The van der Waals surface area contributed by atoms with Gasteiger partial charge >= 0.3 is 0 Å². The van der Waals surface area contributed by atoms with Crippen LogP contribution in [0.1, 0.15) is 41.8 Å². The monoisotopic (exact) mass is 266 g/mol. The van der Waals surface area contributed by atoms with Gasteiger partial charge in [0.2, 0.25) is 0 Å². The number of hydrogen-bond acceptors (Lipinski definition) is 4. The van der Waals surface area contributed by atoms with Gasteiger partial charge in [-0.3, -0.25) is 5.41 Å². The highest BCUT2D eigenvalue weighted by Gasteiger charge is 2.15. The molecule has 0 saturated carbocycles. The lowest BCUT2D eigenvalue weighted by molar-refractivity contribution is 0.343. The van der Waals surface area contributed by atoms with Crippen LogP contribution in [-0.4, -0.2) is 35.4 Å². The molecule has 0 atom stereocenters. The summed E-state index contributed by atoms with van der Waals surface area (Å²) in [4.78, 5) is 8.03. The quantitative estimate of drug-likeness (QED) is 0.611. The predicted octanol–water partition coefficient (Wildman–Crippen LogP) is 2.02. The highest BCUT2D eigenvalue weighted by Crippen LogP contribution is 2.20. The number of nitrogens with one attached hydrogen (secondary N) is 1. The third-order valence-corrected chi connectivity index (χ3v) is 4.50. The van der Waals surface area contributed by atoms with Gasteiger partial charge in [0.25, 0.3) is 0 Å². The number of nitrogens with zero attached hydrogens (tertiary/aromatic N) is 2. The van der Waals surface area contributed by atoms with E-state index < -0.39 is 0 Å². The second kappa shape index (κ2) is 6.29. The Morgan fingerprint density at radius 1 is 1.39 bits per heavy atom. The van der Waals surface area contributed by atoms with Gasteiger partial charge in [-0.05, 0) is 32.4 Å². The number of hydrogen-bond donors (Lipinski definition) is 2. The summed E-state index contributed by atoms with van der Waals surface area (Å²) in [6, 6.07) is 0. The molecule has 1 aromatic heterocycles. The Labute approximate surface area is 113 Å². The Morgan fingerprint density at radius 2 is 2.11 bits per heavy atom. The minimum Gasteiger partial charge on any atom is -0.383 e. The Balaban J connectivity index is 1.99. The maximum Gasteiger partial charge on any atom is 0.135 e. The van der Waals surface area contributed by atoms with Crippen molar-refractivity contribution in [2.75, 3.05) is 19.6 Å². The summed E-state index contributed by atoms with van der Waals surface area (Å²) >= 11 is 1.60. The zero-order valence-electron chi connectivity index (χ0n) is 11.0. The normalized spacial score (nSPS) is 16.3. The molecular formula is C13H22N4S.